The molecule has 0 atom stereocenters. The van der Waals surface area contributed by atoms with E-state index in [1.165, 1.54) is 0 Å². The average Bonchev–Trinajstić information content (AvgIpc) is 2.71. The van der Waals surface area contributed by atoms with Crippen LogP contribution in [-0.4, -0.2) is 19.3 Å². The molecule has 4 nitrogen and oxygen atoms in total. The van der Waals surface area contributed by atoms with Gasteiger partial charge in [0, 0.05) is 5.56 Å². The second-order valence-electron chi connectivity index (χ2n) is 4.67. The van der Waals surface area contributed by atoms with Crippen molar-refractivity contribution in [3.63, 3.8) is 0 Å². The van der Waals surface area contributed by atoms with Crippen LogP contribution in [0.2, 0.25) is 0 Å². The van der Waals surface area contributed by atoms with Gasteiger partial charge >= 0.3 is 0 Å². The highest BCUT2D eigenvalue weighted by atomic mass is 32.2. The normalized spacial score (nSPS) is 12.1. The minimum atomic E-state index is -3.21. The van der Waals surface area contributed by atoms with Gasteiger partial charge in [0.05, 0.1) is 17.2 Å². The number of sulfone groups is 1. The van der Waals surface area contributed by atoms with Gasteiger partial charge in [0.2, 0.25) is 0 Å². The lowest BCUT2D eigenvalue weighted by Crippen LogP contribution is -2.08. The summed E-state index contributed by atoms with van der Waals surface area (Å²) in [5.41, 5.74) is 2.29. The van der Waals surface area contributed by atoms with Crippen molar-refractivity contribution in [1.29, 1.82) is 0 Å². The number of aromatic nitrogens is 1. The zero-order valence-corrected chi connectivity index (χ0v) is 12.4. The zero-order valence-electron chi connectivity index (χ0n) is 11.5. The van der Waals surface area contributed by atoms with Gasteiger partial charge in [-0.3, -0.25) is 0 Å². The lowest BCUT2D eigenvalue weighted by molar-refractivity contribution is 0.392. The molecule has 20 heavy (non-hydrogen) atoms. The highest BCUT2D eigenvalue weighted by Gasteiger charge is 2.17. The van der Waals surface area contributed by atoms with Crippen LogP contribution in [0.4, 0.5) is 0 Å². The molecule has 1 aromatic heterocycles. The minimum Gasteiger partial charge on any atom is -0.361 e. The molecule has 1 heterocycles. The summed E-state index contributed by atoms with van der Waals surface area (Å²) in [6.07, 6.45) is 3.48. The SMILES string of the molecule is Cc1noc(C)c1CS(=O)(=O)C/C=C/c1ccccc1. The molecule has 0 fully saturated rings. The number of hydrogen-bond acceptors (Lipinski definition) is 4. The van der Waals surface area contributed by atoms with E-state index in [9.17, 15) is 8.42 Å². The molecule has 1 aromatic carbocycles. The Balaban J connectivity index is 2.04. The van der Waals surface area contributed by atoms with Crippen molar-refractivity contribution in [2.45, 2.75) is 19.6 Å². The van der Waals surface area contributed by atoms with Gasteiger partial charge in [0.15, 0.2) is 9.84 Å². The van der Waals surface area contributed by atoms with Crippen LogP contribution in [0.25, 0.3) is 6.08 Å². The maximum Gasteiger partial charge on any atom is 0.158 e. The standard InChI is InChI=1S/C15H17NO3S/c1-12-15(13(2)19-16-12)11-20(17,18)10-6-9-14-7-4-3-5-8-14/h3-9H,10-11H2,1-2H3/b9-6+. The highest BCUT2D eigenvalue weighted by molar-refractivity contribution is 7.90. The van der Waals surface area contributed by atoms with Gasteiger partial charge in [0.1, 0.15) is 5.76 Å². The molecule has 0 unspecified atom stereocenters. The largest absolute Gasteiger partial charge is 0.361 e. The quantitative estimate of drug-likeness (QED) is 0.850. The highest BCUT2D eigenvalue weighted by Crippen LogP contribution is 2.16. The van der Waals surface area contributed by atoms with Crippen molar-refractivity contribution in [3.05, 3.63) is 59.0 Å². The third-order valence-electron chi connectivity index (χ3n) is 3.01. The van der Waals surface area contributed by atoms with Crippen molar-refractivity contribution >= 4 is 15.9 Å². The van der Waals surface area contributed by atoms with E-state index in [1.54, 1.807) is 19.9 Å². The monoisotopic (exact) mass is 291 g/mol. The Hall–Kier alpha value is -1.88. The molecule has 2 aromatic rings. The molecule has 0 N–H and O–H groups in total. The van der Waals surface area contributed by atoms with Gasteiger partial charge in [-0.2, -0.15) is 0 Å². The van der Waals surface area contributed by atoms with Gasteiger partial charge in [0.25, 0.3) is 0 Å². The van der Waals surface area contributed by atoms with Crippen molar-refractivity contribution < 1.29 is 12.9 Å². The van der Waals surface area contributed by atoms with E-state index < -0.39 is 9.84 Å². The Morgan fingerprint density at radius 1 is 1.20 bits per heavy atom. The molecule has 2 rings (SSSR count). The van der Waals surface area contributed by atoms with Gasteiger partial charge in [-0.1, -0.05) is 47.6 Å². The van der Waals surface area contributed by atoms with Crippen LogP contribution in [0.3, 0.4) is 0 Å². The molecule has 0 saturated carbocycles. The second-order valence-corrected chi connectivity index (χ2v) is 6.78. The van der Waals surface area contributed by atoms with Crippen LogP contribution in [0, 0.1) is 13.8 Å². The summed E-state index contributed by atoms with van der Waals surface area (Å²) in [6.45, 7) is 3.48. The first-order valence-corrected chi connectivity index (χ1v) is 8.14. The molecule has 0 bridgehead atoms. The Labute approximate surface area is 119 Å². The number of rotatable bonds is 5. The fraction of sp³-hybridized carbons (Fsp3) is 0.267. The van der Waals surface area contributed by atoms with E-state index in [0.29, 0.717) is 17.0 Å². The van der Waals surface area contributed by atoms with Crippen LogP contribution in [0.1, 0.15) is 22.6 Å². The van der Waals surface area contributed by atoms with E-state index in [-0.39, 0.29) is 11.5 Å². The summed E-state index contributed by atoms with van der Waals surface area (Å²) in [4.78, 5) is 0. The molecular formula is C15H17NO3S. The van der Waals surface area contributed by atoms with E-state index in [1.807, 2.05) is 36.4 Å². The summed E-state index contributed by atoms with van der Waals surface area (Å²) in [6, 6.07) is 9.61. The average molecular weight is 291 g/mol. The summed E-state index contributed by atoms with van der Waals surface area (Å²) in [5, 5.41) is 3.77. The maximum absolute atomic E-state index is 12.1. The van der Waals surface area contributed by atoms with E-state index in [0.717, 1.165) is 5.56 Å². The summed E-state index contributed by atoms with van der Waals surface area (Å²) < 4.78 is 29.1. The molecule has 106 valence electrons. The molecule has 0 amide bonds. The zero-order chi connectivity index (χ0) is 14.6. The number of benzene rings is 1. The first-order chi connectivity index (χ1) is 9.48. The first kappa shape index (κ1) is 14.5. The lowest BCUT2D eigenvalue weighted by atomic mass is 10.2. The number of hydrogen-bond donors (Lipinski definition) is 0. The molecule has 0 aliphatic heterocycles. The molecule has 0 aliphatic rings. The minimum absolute atomic E-state index is 0.00591. The third-order valence-corrected chi connectivity index (χ3v) is 4.43. The molecule has 5 heteroatoms. The fourth-order valence-corrected chi connectivity index (χ4v) is 3.24. The lowest BCUT2D eigenvalue weighted by Gasteiger charge is -2.01. The Bertz CT molecular complexity index is 680. The van der Waals surface area contributed by atoms with Crippen molar-refractivity contribution in [1.82, 2.24) is 5.16 Å². The van der Waals surface area contributed by atoms with Gasteiger partial charge in [-0.05, 0) is 19.4 Å². The van der Waals surface area contributed by atoms with Crippen molar-refractivity contribution in [2.24, 2.45) is 0 Å². The predicted molar refractivity (Wildman–Crippen MR) is 78.9 cm³/mol. The van der Waals surface area contributed by atoms with Crippen LogP contribution in [0.5, 0.6) is 0 Å². The van der Waals surface area contributed by atoms with Crippen molar-refractivity contribution in [3.8, 4) is 0 Å². The Morgan fingerprint density at radius 2 is 1.90 bits per heavy atom. The van der Waals surface area contributed by atoms with Crippen LogP contribution < -0.4 is 0 Å². The molecule has 0 aliphatic carbocycles. The van der Waals surface area contributed by atoms with Crippen LogP contribution >= 0.6 is 0 Å². The molecule has 0 radical (unpaired) electrons. The van der Waals surface area contributed by atoms with E-state index in [4.69, 9.17) is 4.52 Å². The fourth-order valence-electron chi connectivity index (χ4n) is 1.88. The summed E-state index contributed by atoms with van der Waals surface area (Å²) >= 11 is 0. The smallest absolute Gasteiger partial charge is 0.158 e. The number of aryl methyl sites for hydroxylation is 2. The topological polar surface area (TPSA) is 60.2 Å². The van der Waals surface area contributed by atoms with Gasteiger partial charge in [-0.25, -0.2) is 8.42 Å². The Morgan fingerprint density at radius 3 is 2.50 bits per heavy atom. The Kier molecular flexibility index (Phi) is 4.39. The summed E-state index contributed by atoms with van der Waals surface area (Å²) in [7, 11) is -3.21. The predicted octanol–water partition coefficient (Wildman–Crippen LogP) is 2.92. The first-order valence-electron chi connectivity index (χ1n) is 6.32. The van der Waals surface area contributed by atoms with Gasteiger partial charge < -0.3 is 4.52 Å². The third kappa shape index (κ3) is 3.81. The second kappa shape index (κ2) is 6.05. The maximum atomic E-state index is 12.1. The van der Waals surface area contributed by atoms with Crippen molar-refractivity contribution in [2.75, 3.05) is 5.75 Å². The molecular weight excluding hydrogens is 274 g/mol. The summed E-state index contributed by atoms with van der Waals surface area (Å²) in [5.74, 6) is 0.539. The molecule has 0 saturated heterocycles. The van der Waals surface area contributed by atoms with Gasteiger partial charge in [-0.15, -0.1) is 0 Å². The molecule has 0 spiro atoms. The number of nitrogens with zero attached hydrogens (tertiary/aromatic N) is 1. The van der Waals surface area contributed by atoms with E-state index >= 15 is 0 Å². The van der Waals surface area contributed by atoms with Crippen LogP contribution in [-0.2, 0) is 15.6 Å². The van der Waals surface area contributed by atoms with E-state index in [2.05, 4.69) is 5.16 Å². The van der Waals surface area contributed by atoms with Crippen LogP contribution in [0.15, 0.2) is 40.9 Å².